The lowest BCUT2D eigenvalue weighted by Crippen LogP contribution is -2.29. The van der Waals surface area contributed by atoms with E-state index in [1.807, 2.05) is 36.4 Å². The largest absolute Gasteiger partial charge is 0.497 e. The van der Waals surface area contributed by atoms with Gasteiger partial charge in [-0.2, -0.15) is 0 Å². The smallest absolute Gasteiger partial charge is 0.130 e. The standard InChI is InChI=1S/C23H28N6O2S/c1-30-17-9-15(10-18(12-17)31-2)27-16-11-20-19(26-13-16)7-8-21(28-20)29-23(25)32-22(24)14-5-3-4-6-14/h7-14,23-24,27H,3-6,25H2,1-2H3,(H,28,29). The van der Waals surface area contributed by atoms with Crippen molar-refractivity contribution in [3.05, 3.63) is 42.6 Å². The van der Waals surface area contributed by atoms with E-state index in [0.29, 0.717) is 28.3 Å². The van der Waals surface area contributed by atoms with Crippen LogP contribution in [-0.2, 0) is 0 Å². The molecule has 4 rings (SSSR count). The summed E-state index contributed by atoms with van der Waals surface area (Å²) in [5, 5.41) is 15.5. The topological polar surface area (TPSA) is 118 Å². The summed E-state index contributed by atoms with van der Waals surface area (Å²) in [5.41, 5.74) is 8.93. The molecule has 0 spiro atoms. The van der Waals surface area contributed by atoms with Crippen molar-refractivity contribution in [3.8, 4) is 11.5 Å². The summed E-state index contributed by atoms with van der Waals surface area (Å²) in [4.78, 5) is 9.16. The SMILES string of the molecule is COc1cc(Nc2cnc3ccc(NC(N)SC(=N)C4CCCC4)nc3c2)cc(OC)c1. The summed E-state index contributed by atoms with van der Waals surface area (Å²) < 4.78 is 10.7. The van der Waals surface area contributed by atoms with Gasteiger partial charge in [0.15, 0.2) is 0 Å². The zero-order valence-electron chi connectivity index (χ0n) is 18.2. The molecule has 9 heteroatoms. The van der Waals surface area contributed by atoms with Crippen LogP contribution >= 0.6 is 11.8 Å². The number of fused-ring (bicyclic) bond motifs is 1. The number of pyridine rings is 2. The quantitative estimate of drug-likeness (QED) is 0.215. The number of nitrogens with zero attached hydrogens (tertiary/aromatic N) is 2. The Kier molecular flexibility index (Phi) is 6.96. The van der Waals surface area contributed by atoms with E-state index < -0.39 is 5.50 Å². The molecule has 1 saturated carbocycles. The van der Waals surface area contributed by atoms with Crippen LogP contribution in [0.25, 0.3) is 11.0 Å². The van der Waals surface area contributed by atoms with Crippen LogP contribution in [0.15, 0.2) is 42.6 Å². The van der Waals surface area contributed by atoms with Crippen molar-refractivity contribution >= 4 is 45.0 Å². The lowest BCUT2D eigenvalue weighted by molar-refractivity contribution is 0.395. The van der Waals surface area contributed by atoms with Crippen molar-refractivity contribution in [2.75, 3.05) is 24.9 Å². The lowest BCUT2D eigenvalue weighted by atomic mass is 10.1. The van der Waals surface area contributed by atoms with Crippen LogP contribution in [0, 0.1) is 11.3 Å². The second-order valence-electron chi connectivity index (χ2n) is 7.71. The number of benzene rings is 1. The minimum Gasteiger partial charge on any atom is -0.497 e. The average molecular weight is 453 g/mol. The van der Waals surface area contributed by atoms with Gasteiger partial charge in [0.2, 0.25) is 0 Å². The van der Waals surface area contributed by atoms with Gasteiger partial charge in [0.25, 0.3) is 0 Å². The maximum Gasteiger partial charge on any atom is 0.130 e. The molecular weight excluding hydrogens is 424 g/mol. The maximum absolute atomic E-state index is 8.29. The summed E-state index contributed by atoms with van der Waals surface area (Å²) in [7, 11) is 3.24. The van der Waals surface area contributed by atoms with Crippen LogP contribution < -0.4 is 25.8 Å². The highest BCUT2D eigenvalue weighted by atomic mass is 32.2. The lowest BCUT2D eigenvalue weighted by Gasteiger charge is -2.17. The molecule has 1 unspecified atom stereocenters. The molecule has 168 valence electrons. The number of anilines is 3. The average Bonchev–Trinajstić information content (AvgIpc) is 3.33. The third-order valence-electron chi connectivity index (χ3n) is 5.45. The zero-order valence-corrected chi connectivity index (χ0v) is 19.0. The second-order valence-corrected chi connectivity index (χ2v) is 8.90. The van der Waals surface area contributed by atoms with Crippen LogP contribution in [-0.4, -0.2) is 34.7 Å². The summed E-state index contributed by atoms with van der Waals surface area (Å²) in [6.45, 7) is 0. The Morgan fingerprint density at radius 2 is 1.78 bits per heavy atom. The monoisotopic (exact) mass is 452 g/mol. The highest BCUT2D eigenvalue weighted by Crippen LogP contribution is 2.31. The Balaban J connectivity index is 1.47. The number of aromatic nitrogens is 2. The van der Waals surface area contributed by atoms with Gasteiger partial charge in [0, 0.05) is 29.8 Å². The summed E-state index contributed by atoms with van der Waals surface area (Å²) in [5.74, 6) is 2.39. The number of methoxy groups -OCH3 is 2. The van der Waals surface area contributed by atoms with E-state index in [1.54, 1.807) is 20.4 Å². The van der Waals surface area contributed by atoms with E-state index in [9.17, 15) is 0 Å². The first-order chi connectivity index (χ1) is 15.5. The molecule has 0 saturated heterocycles. The van der Waals surface area contributed by atoms with Crippen LogP contribution in [0.5, 0.6) is 11.5 Å². The van der Waals surface area contributed by atoms with E-state index >= 15 is 0 Å². The number of ether oxygens (including phenoxy) is 2. The first-order valence-corrected chi connectivity index (χ1v) is 11.5. The second kappa shape index (κ2) is 10.1. The number of nitrogens with two attached hydrogens (primary N) is 1. The summed E-state index contributed by atoms with van der Waals surface area (Å²) >= 11 is 1.37. The molecule has 1 aromatic carbocycles. The van der Waals surface area contributed by atoms with Crippen molar-refractivity contribution in [1.29, 1.82) is 5.41 Å². The van der Waals surface area contributed by atoms with Gasteiger partial charge in [-0.25, -0.2) is 4.98 Å². The fourth-order valence-corrected chi connectivity index (χ4v) is 4.68. The van der Waals surface area contributed by atoms with Crippen LogP contribution in [0.1, 0.15) is 25.7 Å². The molecule has 8 nitrogen and oxygen atoms in total. The minimum absolute atomic E-state index is 0.352. The predicted molar refractivity (Wildman–Crippen MR) is 131 cm³/mol. The fraction of sp³-hybridized carbons (Fsp3) is 0.348. The first-order valence-electron chi connectivity index (χ1n) is 10.6. The van der Waals surface area contributed by atoms with Gasteiger partial charge < -0.3 is 25.8 Å². The zero-order chi connectivity index (χ0) is 22.5. The van der Waals surface area contributed by atoms with Gasteiger partial charge in [-0.05, 0) is 31.0 Å². The molecule has 0 bridgehead atoms. The van der Waals surface area contributed by atoms with E-state index in [-0.39, 0.29) is 0 Å². The van der Waals surface area contributed by atoms with Crippen LogP contribution in [0.3, 0.4) is 0 Å². The molecule has 32 heavy (non-hydrogen) atoms. The Labute approximate surface area is 191 Å². The molecule has 0 amide bonds. The van der Waals surface area contributed by atoms with E-state index in [1.165, 1.54) is 24.6 Å². The molecule has 0 radical (unpaired) electrons. The van der Waals surface area contributed by atoms with Gasteiger partial charge in [-0.15, -0.1) is 0 Å². The molecule has 5 N–H and O–H groups in total. The van der Waals surface area contributed by atoms with Crippen LogP contribution in [0.4, 0.5) is 17.2 Å². The molecule has 1 fully saturated rings. The van der Waals surface area contributed by atoms with Crippen molar-refractivity contribution in [2.24, 2.45) is 11.7 Å². The van der Waals surface area contributed by atoms with E-state index in [0.717, 1.165) is 35.2 Å². The number of thioether (sulfide) groups is 1. The van der Waals surface area contributed by atoms with Gasteiger partial charge in [0.05, 0.1) is 42.2 Å². The minimum atomic E-state index is -0.424. The van der Waals surface area contributed by atoms with Gasteiger partial charge in [0.1, 0.15) is 22.8 Å². The molecule has 0 aliphatic heterocycles. The number of hydrogen-bond donors (Lipinski definition) is 4. The maximum atomic E-state index is 8.29. The van der Waals surface area contributed by atoms with Crippen molar-refractivity contribution in [1.82, 2.24) is 9.97 Å². The van der Waals surface area contributed by atoms with Crippen molar-refractivity contribution < 1.29 is 9.47 Å². The number of nitrogens with one attached hydrogen (secondary N) is 3. The van der Waals surface area contributed by atoms with E-state index in [2.05, 4.69) is 20.6 Å². The fourth-order valence-electron chi connectivity index (χ4n) is 3.80. The molecule has 1 atom stereocenters. The third-order valence-corrected chi connectivity index (χ3v) is 6.41. The summed E-state index contributed by atoms with van der Waals surface area (Å²) in [6.07, 6.45) is 6.34. The number of rotatable bonds is 8. The highest BCUT2D eigenvalue weighted by Gasteiger charge is 2.22. The first kappa shape index (κ1) is 22.2. The Morgan fingerprint density at radius 3 is 2.47 bits per heavy atom. The molecule has 1 aliphatic rings. The normalized spacial score (nSPS) is 14.8. The number of hydrogen-bond acceptors (Lipinski definition) is 9. The molecule has 2 heterocycles. The van der Waals surface area contributed by atoms with Gasteiger partial charge >= 0.3 is 0 Å². The highest BCUT2D eigenvalue weighted by molar-refractivity contribution is 8.14. The Bertz CT molecular complexity index is 1080. The predicted octanol–water partition coefficient (Wildman–Crippen LogP) is 4.95. The molecule has 3 aromatic rings. The molecule has 1 aliphatic carbocycles. The molecular formula is C23H28N6O2S. The Morgan fingerprint density at radius 1 is 1.06 bits per heavy atom. The van der Waals surface area contributed by atoms with Gasteiger partial charge in [-0.3, -0.25) is 10.4 Å². The van der Waals surface area contributed by atoms with E-state index in [4.69, 9.17) is 20.6 Å². The van der Waals surface area contributed by atoms with Gasteiger partial charge in [-0.1, -0.05) is 24.6 Å². The summed E-state index contributed by atoms with van der Waals surface area (Å²) in [6, 6.07) is 11.3. The van der Waals surface area contributed by atoms with Crippen molar-refractivity contribution in [2.45, 2.75) is 31.2 Å². The molecule has 2 aromatic heterocycles. The van der Waals surface area contributed by atoms with Crippen molar-refractivity contribution in [3.63, 3.8) is 0 Å². The van der Waals surface area contributed by atoms with Crippen LogP contribution in [0.2, 0.25) is 0 Å². The Hall–Kier alpha value is -3.04. The third kappa shape index (κ3) is 5.41.